The van der Waals surface area contributed by atoms with Crippen LogP contribution in [0, 0.1) is 11.8 Å². The number of ketones is 1. The molecule has 1 fully saturated rings. The number of carboxylic acids is 1. The van der Waals surface area contributed by atoms with Gasteiger partial charge >= 0.3 is 5.97 Å². The van der Waals surface area contributed by atoms with E-state index in [4.69, 9.17) is 20.1 Å². The minimum absolute atomic E-state index is 0.0218. The Morgan fingerprint density at radius 1 is 0.914 bits per heavy atom. The Balaban J connectivity index is 1.09. The molecule has 1 saturated heterocycles. The van der Waals surface area contributed by atoms with Crippen LogP contribution in [0.3, 0.4) is 0 Å². The van der Waals surface area contributed by atoms with Gasteiger partial charge in [-0.2, -0.15) is 0 Å². The van der Waals surface area contributed by atoms with Crippen molar-refractivity contribution in [1.82, 2.24) is 26.2 Å². The molecule has 1 amide bonds. The molecule has 374 valence electrons. The Morgan fingerprint density at radius 2 is 1.64 bits per heavy atom. The van der Waals surface area contributed by atoms with Crippen LogP contribution in [0.2, 0.25) is 0 Å². The highest BCUT2D eigenvalue weighted by molar-refractivity contribution is 6.22. The highest BCUT2D eigenvalue weighted by atomic mass is 16.4. The van der Waals surface area contributed by atoms with E-state index in [1.54, 1.807) is 0 Å². The zero-order chi connectivity index (χ0) is 50.6. The Bertz CT molecular complexity index is 2560. The van der Waals surface area contributed by atoms with Gasteiger partial charge in [0.15, 0.2) is 5.78 Å². The van der Waals surface area contributed by atoms with Gasteiger partial charge < -0.3 is 41.1 Å². The molecular formula is C55H72N8O7. The average molecular weight is 957 g/mol. The first-order chi connectivity index (χ1) is 33.7. The summed E-state index contributed by atoms with van der Waals surface area (Å²) in [5.74, 6) is -0.943. The number of aliphatic imine (C=N–C) groups is 3. The van der Waals surface area contributed by atoms with Crippen molar-refractivity contribution < 1.29 is 34.2 Å². The zero-order valence-electron chi connectivity index (χ0n) is 42.1. The fraction of sp³-hybridized carbons (Fsp3) is 0.491. The number of aliphatic hydroxyl groups is 1. The number of aliphatic hydroxyl groups excluding tert-OH is 1. The molecule has 0 saturated carbocycles. The predicted octanol–water partition coefficient (Wildman–Crippen LogP) is 7.67. The smallest absolute Gasteiger partial charge is 0.317 e. The third kappa shape index (κ3) is 11.9. The quantitative estimate of drug-likeness (QED) is 0.0203. The Hall–Kier alpha value is -6.16. The fourth-order valence-corrected chi connectivity index (χ4v) is 10.5. The fourth-order valence-electron chi connectivity index (χ4n) is 10.5. The molecule has 0 aromatic rings. The Morgan fingerprint density at radius 3 is 2.33 bits per heavy atom. The summed E-state index contributed by atoms with van der Waals surface area (Å²) < 4.78 is 0. The highest BCUT2D eigenvalue weighted by Gasteiger charge is 2.42. The maximum atomic E-state index is 13.5. The van der Waals surface area contributed by atoms with Gasteiger partial charge in [0.1, 0.15) is 18.3 Å². The van der Waals surface area contributed by atoms with Gasteiger partial charge in [-0.25, -0.2) is 15.0 Å². The summed E-state index contributed by atoms with van der Waals surface area (Å²) >= 11 is 0. The molecule has 8 bridgehead atoms. The summed E-state index contributed by atoms with van der Waals surface area (Å²) in [6.45, 7) is 19.7. The average Bonchev–Trinajstić information content (AvgIpc) is 4.10. The lowest BCUT2D eigenvalue weighted by Crippen LogP contribution is -2.43. The van der Waals surface area contributed by atoms with E-state index in [2.05, 4.69) is 74.6 Å². The number of aldehydes is 2. The summed E-state index contributed by atoms with van der Waals surface area (Å²) in [4.78, 5) is 77.3. The monoisotopic (exact) mass is 957 g/mol. The normalized spacial score (nSPS) is 20.3. The van der Waals surface area contributed by atoms with Gasteiger partial charge in [-0.3, -0.25) is 19.3 Å². The van der Waals surface area contributed by atoms with Crippen LogP contribution in [0.5, 0.6) is 0 Å². The van der Waals surface area contributed by atoms with Crippen molar-refractivity contribution in [3.05, 3.63) is 115 Å². The molecule has 70 heavy (non-hydrogen) atoms. The van der Waals surface area contributed by atoms with Crippen LogP contribution in [0.1, 0.15) is 119 Å². The van der Waals surface area contributed by atoms with Crippen LogP contribution < -0.4 is 21.3 Å². The molecule has 15 heteroatoms. The lowest BCUT2D eigenvalue weighted by atomic mass is 9.84. The lowest BCUT2D eigenvalue weighted by Gasteiger charge is -2.21. The van der Waals surface area contributed by atoms with Crippen molar-refractivity contribution in [2.75, 3.05) is 39.4 Å². The van der Waals surface area contributed by atoms with Gasteiger partial charge in [-0.15, -0.1) is 0 Å². The number of carbonyl (C=O) groups excluding carboxylic acids is 4. The summed E-state index contributed by atoms with van der Waals surface area (Å²) in [7, 11) is 0. The van der Waals surface area contributed by atoms with Crippen molar-refractivity contribution in [2.24, 2.45) is 26.8 Å². The summed E-state index contributed by atoms with van der Waals surface area (Å²) in [6, 6.07) is -0.596. The molecule has 0 spiro atoms. The number of hydrogen-bond donors (Lipinski definition) is 6. The van der Waals surface area contributed by atoms with E-state index in [1.807, 2.05) is 26.0 Å². The van der Waals surface area contributed by atoms with Crippen molar-refractivity contribution in [2.45, 2.75) is 125 Å². The first kappa shape index (κ1) is 53.2. The topological polar surface area (TPSA) is 214 Å². The second kappa shape index (κ2) is 24.6. The molecule has 0 aromatic heterocycles. The number of hydrogen-bond acceptors (Lipinski definition) is 13. The third-order valence-electron chi connectivity index (χ3n) is 14.4. The van der Waals surface area contributed by atoms with Crippen LogP contribution in [0.25, 0.3) is 0 Å². The van der Waals surface area contributed by atoms with E-state index >= 15 is 0 Å². The number of allylic oxidation sites excluding steroid dienone is 14. The molecule has 1 unspecified atom stereocenters. The number of carboxylic acid groups (broad SMARTS) is 1. The molecule has 0 radical (unpaired) electrons. The third-order valence-corrected chi connectivity index (χ3v) is 14.4. The summed E-state index contributed by atoms with van der Waals surface area (Å²) in [6.07, 6.45) is 16.4. The second-order valence-corrected chi connectivity index (χ2v) is 18.7. The molecule has 1 aliphatic carbocycles. The maximum absolute atomic E-state index is 13.5. The molecule has 3 atom stereocenters. The van der Waals surface area contributed by atoms with Crippen LogP contribution in [-0.2, 0) is 24.0 Å². The SMILES string of the molecule is C=CC1=C2NC(=C3CC(O)=C4C3=NC(=C4C)C=C3N=C(C=C4N=C1C(C)=C4CC)C(C)=C3CC)[C@@H](CCC(=O)NCCCCCC/C(=C\C)C(=O)C(CCNCN(CC=O)CC(=O)O)NCC=O)[C@@H]2C. The number of amides is 1. The minimum Gasteiger partial charge on any atom is -0.511 e. The summed E-state index contributed by atoms with van der Waals surface area (Å²) in [5, 5.41) is 33.7. The van der Waals surface area contributed by atoms with Crippen molar-refractivity contribution in [3.63, 3.8) is 0 Å². The number of nitrogens with zero attached hydrogens (tertiary/aromatic N) is 4. The van der Waals surface area contributed by atoms with E-state index in [0.717, 1.165) is 123 Å². The molecule has 6 N–H and O–H groups in total. The van der Waals surface area contributed by atoms with Crippen LogP contribution in [-0.4, -0.2) is 108 Å². The first-order valence-corrected chi connectivity index (χ1v) is 25.0. The van der Waals surface area contributed by atoms with Crippen LogP contribution >= 0.6 is 0 Å². The van der Waals surface area contributed by atoms with Crippen molar-refractivity contribution >= 4 is 47.4 Å². The van der Waals surface area contributed by atoms with Gasteiger partial charge in [0, 0.05) is 66.0 Å². The number of nitrogens with one attached hydrogen (secondary N) is 4. The lowest BCUT2D eigenvalue weighted by molar-refractivity contribution is -0.138. The summed E-state index contributed by atoms with van der Waals surface area (Å²) in [5.41, 5.74) is 15.9. The predicted molar refractivity (Wildman–Crippen MR) is 276 cm³/mol. The largest absolute Gasteiger partial charge is 0.511 e. The molecule has 5 aliphatic heterocycles. The molecule has 0 aromatic carbocycles. The standard InChI is InChI=1S/C55H72N8O7/c1-9-36(55(70)42(57-23-25-64)20-22-56-31-63(24-26-65)30-49(68)69)17-15-13-14-16-21-58-48(67)19-18-40-34(7)52-39(12-4)51-33(6)38(11-3)46(61-51)28-43-32(5)37(10-2)45(59-43)29-44-35(8)50-47(66)27-41(53(40)62-52)54(50)60-44/h9,12,25-26,28-29,34,40,42,56-57,62,66H,4,10-11,13-24,27,30-31H2,1-3,5-8H3,(H,58,67)(H,68,69)/b36-9+,45-29?,46-28?,52-39?,53-41?/t34-,40-,42?/m0/s1. The zero-order valence-corrected chi connectivity index (χ0v) is 42.1. The number of rotatable bonds is 27. The van der Waals surface area contributed by atoms with Gasteiger partial charge in [-0.1, -0.05) is 52.3 Å². The van der Waals surface area contributed by atoms with Gasteiger partial charge in [0.25, 0.3) is 0 Å². The van der Waals surface area contributed by atoms with Crippen molar-refractivity contribution in [1.29, 1.82) is 0 Å². The first-order valence-electron chi connectivity index (χ1n) is 25.0. The van der Waals surface area contributed by atoms with E-state index in [0.29, 0.717) is 69.1 Å². The Kier molecular flexibility index (Phi) is 18.7. The highest BCUT2D eigenvalue weighted by Crippen LogP contribution is 2.47. The van der Waals surface area contributed by atoms with E-state index < -0.39 is 12.0 Å². The molecule has 5 heterocycles. The molecule has 6 rings (SSSR count). The molecule has 15 nitrogen and oxygen atoms in total. The van der Waals surface area contributed by atoms with Crippen LogP contribution in [0.15, 0.2) is 130 Å². The van der Waals surface area contributed by atoms with Gasteiger partial charge in [0.05, 0.1) is 59.9 Å². The van der Waals surface area contributed by atoms with Gasteiger partial charge in [0.2, 0.25) is 5.91 Å². The Labute approximate surface area is 413 Å². The van der Waals surface area contributed by atoms with Crippen LogP contribution in [0.4, 0.5) is 0 Å². The van der Waals surface area contributed by atoms with Crippen molar-refractivity contribution in [3.8, 4) is 0 Å². The molecular weight excluding hydrogens is 885 g/mol. The van der Waals surface area contributed by atoms with E-state index in [1.165, 1.54) is 10.5 Å². The van der Waals surface area contributed by atoms with Gasteiger partial charge in [-0.05, 0) is 125 Å². The number of unbranched alkanes of at least 4 members (excludes halogenated alkanes) is 3. The number of Topliss-reactive ketones (excluding diaryl/α,β-unsaturated/α-hetero) is 1. The minimum atomic E-state index is -1.04. The second-order valence-electron chi connectivity index (χ2n) is 18.7. The maximum Gasteiger partial charge on any atom is 0.317 e. The number of carbonyl (C=O) groups is 5. The number of fused-ring (bicyclic) bond motifs is 5. The molecule has 6 aliphatic rings. The number of aliphatic carboxylic acids is 1. The van der Waals surface area contributed by atoms with E-state index in [-0.39, 0.29) is 49.8 Å². The van der Waals surface area contributed by atoms with E-state index in [9.17, 15) is 29.1 Å².